The number of primary amides is 1. The molecular weight excluding hydrogens is 1390 g/mol. The van der Waals surface area contributed by atoms with E-state index in [2.05, 4.69) is 72.8 Å². The van der Waals surface area contributed by atoms with E-state index >= 15 is 14.4 Å². The summed E-state index contributed by atoms with van der Waals surface area (Å²) in [7, 11) is 0. The number of benzene rings is 5. The minimum absolute atomic E-state index is 0.0491. The molecule has 10 aromatic rings. The Labute approximate surface area is 618 Å². The van der Waals surface area contributed by atoms with Gasteiger partial charge in [-0.3, -0.25) is 58.1 Å². The van der Waals surface area contributed by atoms with Gasteiger partial charge >= 0.3 is 11.9 Å². The van der Waals surface area contributed by atoms with Crippen molar-refractivity contribution in [1.29, 1.82) is 5.41 Å². The zero-order valence-corrected chi connectivity index (χ0v) is 58.9. The third-order valence-corrected chi connectivity index (χ3v) is 18.9. The molecule has 0 saturated carbocycles. The molecule has 0 aliphatic rings. The van der Waals surface area contributed by atoms with Crippen LogP contribution in [0.25, 0.3) is 54.5 Å². The van der Waals surface area contributed by atoms with E-state index in [0.29, 0.717) is 50.5 Å². The van der Waals surface area contributed by atoms with Crippen LogP contribution in [0.15, 0.2) is 152 Å². The van der Waals surface area contributed by atoms with E-state index in [1.54, 1.807) is 85.6 Å². The van der Waals surface area contributed by atoms with Gasteiger partial charge in [0.25, 0.3) is 0 Å². The summed E-state index contributed by atoms with van der Waals surface area (Å²) in [5.41, 5.74) is 30.4. The molecule has 9 atom stereocenters. The van der Waals surface area contributed by atoms with Gasteiger partial charge in [0.05, 0.1) is 12.5 Å². The number of aromatic amines is 5. The molecule has 5 aromatic heterocycles. The van der Waals surface area contributed by atoms with Crippen molar-refractivity contribution < 1.29 is 63.0 Å². The van der Waals surface area contributed by atoms with E-state index in [1.165, 1.54) is 0 Å². The van der Waals surface area contributed by atoms with Gasteiger partial charge in [-0.05, 0) is 110 Å². The number of aliphatic carboxylic acids is 2. The van der Waals surface area contributed by atoms with Gasteiger partial charge < -0.3 is 106 Å². The number of carboxylic acid groups (broad SMARTS) is 2. The number of para-hydroxylation sites is 5. The van der Waals surface area contributed by atoms with Crippen LogP contribution >= 0.6 is 0 Å². The lowest BCUT2D eigenvalue weighted by Crippen LogP contribution is -2.61. The van der Waals surface area contributed by atoms with E-state index in [9.17, 15) is 48.6 Å². The summed E-state index contributed by atoms with van der Waals surface area (Å²) in [5.74, 6) is -12.0. The lowest BCUT2D eigenvalue weighted by Gasteiger charge is -2.28. The fraction of sp³-hybridized carbons (Fsp3) is 0.316. The van der Waals surface area contributed by atoms with Crippen LogP contribution in [0.3, 0.4) is 0 Å². The Morgan fingerprint density at radius 2 is 0.657 bits per heavy atom. The standard InChI is InChI=1S/C76H89N19O13/c77-28-12-11-24-57(89-72(105)61(32-43-38-85-54-21-8-3-16-48(43)54)92-68(101)51(78)30-41-36-83-52-19-6-1-14-46(41)52)70(103)95-64(35-66(98)99)75(108)94-63(34-45-40-87-56-23-10-5-18-50(45)56)74(107)93-62(33-44-39-86-55-22-9-4-17-49(44)55)73(106)90-59(26-27-65(96)97)71(104)88-58(25-13-29-82-76(80)81)69(102)91-60(67(79)100)31-42-37-84-53-20-7-2-15-47(42)53/h1-10,14-23,36-40,51,57-64,83-87H,11-13,24-35,77-78H2,(H2,79,100)(H,88,104)(H,89,105)(H,90,106)(H,91,102)(H,92,101)(H,93,107)(H,94,108)(H,95,103)(H,96,97)(H,98,99)(H4,80,81,82)/t51-,57-,58-,59-,60-,61-,62-,63-,64-/m0/s1. The number of H-pyrrole nitrogens is 5. The monoisotopic (exact) mass is 1480 g/mol. The normalized spacial score (nSPS) is 13.9. The molecule has 9 amide bonds. The highest BCUT2D eigenvalue weighted by Gasteiger charge is 2.37. The van der Waals surface area contributed by atoms with Gasteiger partial charge in [-0.25, -0.2) is 0 Å². The molecule has 32 heteroatoms. The number of guanidine groups is 1. The molecule has 108 heavy (non-hydrogen) atoms. The highest BCUT2D eigenvalue weighted by molar-refractivity contribution is 6.01. The van der Waals surface area contributed by atoms with Crippen molar-refractivity contribution in [2.45, 2.75) is 138 Å². The average molecular weight is 1480 g/mol. The maximum atomic E-state index is 15.4. The highest BCUT2D eigenvalue weighted by atomic mass is 16.4. The predicted molar refractivity (Wildman–Crippen MR) is 404 cm³/mol. The number of amides is 9. The van der Waals surface area contributed by atoms with E-state index in [-0.39, 0.29) is 76.8 Å². The summed E-state index contributed by atoms with van der Waals surface area (Å²) in [4.78, 5) is 172. The molecule has 0 bridgehead atoms. The Kier molecular flexibility index (Phi) is 26.4. The second kappa shape index (κ2) is 36.7. The number of nitrogens with two attached hydrogens (primary N) is 4. The van der Waals surface area contributed by atoms with Crippen LogP contribution in [0, 0.1) is 5.41 Å². The molecule has 5 heterocycles. The van der Waals surface area contributed by atoms with Crippen molar-refractivity contribution in [3.8, 4) is 0 Å². The topological polar surface area (TPSA) is 543 Å². The lowest BCUT2D eigenvalue weighted by atomic mass is 10.00. The molecule has 0 saturated heterocycles. The van der Waals surface area contributed by atoms with Crippen molar-refractivity contribution in [2.75, 3.05) is 13.1 Å². The average Bonchev–Trinajstić information content (AvgIpc) is 1.66. The second-order valence-corrected chi connectivity index (χ2v) is 26.6. The first-order valence-electron chi connectivity index (χ1n) is 35.4. The first-order chi connectivity index (χ1) is 52.0. The fourth-order valence-electron chi connectivity index (χ4n) is 13.2. The zero-order valence-electron chi connectivity index (χ0n) is 58.9. The highest BCUT2D eigenvalue weighted by Crippen LogP contribution is 2.25. The van der Waals surface area contributed by atoms with Gasteiger partial charge in [0.15, 0.2) is 5.96 Å². The molecule has 5 aromatic carbocycles. The Morgan fingerprint density at radius 1 is 0.361 bits per heavy atom. The maximum Gasteiger partial charge on any atom is 0.305 e. The Balaban J connectivity index is 0.912. The number of carboxylic acids is 2. The van der Waals surface area contributed by atoms with E-state index < -0.39 is 139 Å². The van der Waals surface area contributed by atoms with E-state index in [1.807, 2.05) is 66.7 Å². The van der Waals surface area contributed by atoms with Crippen molar-refractivity contribution in [1.82, 2.24) is 72.8 Å². The number of nitrogens with one attached hydrogen (secondary N) is 15. The Hall–Kier alpha value is -12.8. The number of hydrogen-bond acceptors (Lipinski definition) is 14. The maximum absolute atomic E-state index is 15.4. The van der Waals surface area contributed by atoms with Crippen LogP contribution in [0.5, 0.6) is 0 Å². The number of aromatic nitrogens is 5. The third-order valence-electron chi connectivity index (χ3n) is 18.9. The van der Waals surface area contributed by atoms with Gasteiger partial charge in [-0.2, -0.15) is 0 Å². The molecule has 25 N–H and O–H groups in total. The van der Waals surface area contributed by atoms with Crippen LogP contribution in [0.2, 0.25) is 0 Å². The summed E-state index contributed by atoms with van der Waals surface area (Å²) < 4.78 is 0. The molecule has 0 unspecified atom stereocenters. The van der Waals surface area contributed by atoms with E-state index in [4.69, 9.17) is 28.3 Å². The second-order valence-electron chi connectivity index (χ2n) is 26.6. The van der Waals surface area contributed by atoms with Crippen LogP contribution < -0.4 is 70.8 Å². The zero-order chi connectivity index (χ0) is 77.0. The molecule has 10 rings (SSSR count). The molecule has 566 valence electrons. The van der Waals surface area contributed by atoms with Gasteiger partial charge in [0.1, 0.15) is 48.3 Å². The van der Waals surface area contributed by atoms with Gasteiger partial charge in [-0.1, -0.05) is 91.0 Å². The molecule has 0 aliphatic heterocycles. The molecule has 0 radical (unpaired) electrons. The van der Waals surface area contributed by atoms with Crippen LogP contribution in [0.1, 0.15) is 79.2 Å². The van der Waals surface area contributed by atoms with Crippen molar-refractivity contribution in [3.05, 3.63) is 180 Å². The number of fused-ring (bicyclic) bond motifs is 5. The van der Waals surface area contributed by atoms with Crippen LogP contribution in [-0.4, -0.2) is 174 Å². The number of carbonyl (C=O) groups is 11. The van der Waals surface area contributed by atoms with E-state index in [0.717, 1.165) is 38.3 Å². The predicted octanol–water partition coefficient (Wildman–Crippen LogP) is 2.03. The summed E-state index contributed by atoms with van der Waals surface area (Å²) >= 11 is 0. The summed E-state index contributed by atoms with van der Waals surface area (Å²) in [6.45, 7) is 0.234. The van der Waals surface area contributed by atoms with Crippen molar-refractivity contribution in [3.63, 3.8) is 0 Å². The first kappa shape index (κ1) is 77.8. The third kappa shape index (κ3) is 20.6. The lowest BCUT2D eigenvalue weighted by molar-refractivity contribution is -0.141. The summed E-state index contributed by atoms with van der Waals surface area (Å²) in [5, 5.41) is 55.5. The molecular formula is C76H89N19O13. The van der Waals surface area contributed by atoms with Gasteiger partial charge in [0, 0.05) is 124 Å². The minimum atomic E-state index is -1.96. The number of unbranched alkanes of at least 4 members (excludes halogenated alkanes) is 1. The Bertz CT molecular complexity index is 4920. The molecule has 0 fully saturated rings. The van der Waals surface area contributed by atoms with Crippen LogP contribution in [0.4, 0.5) is 0 Å². The first-order valence-corrected chi connectivity index (χ1v) is 35.4. The molecule has 0 aliphatic carbocycles. The smallest absolute Gasteiger partial charge is 0.305 e. The molecule has 32 nitrogen and oxygen atoms in total. The fourth-order valence-corrected chi connectivity index (χ4v) is 13.2. The number of hydrogen-bond donors (Lipinski definition) is 21. The quantitative estimate of drug-likeness (QED) is 0.0148. The molecule has 0 spiro atoms. The number of carbonyl (C=O) groups excluding carboxylic acids is 9. The van der Waals surface area contributed by atoms with Crippen molar-refractivity contribution in [2.24, 2.45) is 22.9 Å². The van der Waals surface area contributed by atoms with Crippen LogP contribution in [-0.2, 0) is 84.8 Å². The van der Waals surface area contributed by atoms with Gasteiger partial charge in [0.2, 0.25) is 53.2 Å². The largest absolute Gasteiger partial charge is 0.481 e. The number of rotatable bonds is 40. The summed E-state index contributed by atoms with van der Waals surface area (Å²) in [6, 6.07) is 22.2. The summed E-state index contributed by atoms with van der Waals surface area (Å²) in [6.07, 6.45) is 5.70. The Morgan fingerprint density at radius 3 is 1.01 bits per heavy atom. The van der Waals surface area contributed by atoms with Crippen molar-refractivity contribution >= 4 is 126 Å². The SMILES string of the molecule is N=C(N)NCCC[C@H](NC(=O)[C@H](CCC(=O)O)NC(=O)[C@H](Cc1c[nH]c2ccccc12)NC(=O)[C@H](Cc1c[nH]c2ccccc12)NC(=O)[C@H](CC(=O)O)NC(=O)[C@H](CCCCN)NC(=O)[C@H](Cc1c[nH]c2ccccc12)NC(=O)[C@@H](N)Cc1c[nH]c2ccccc12)C(=O)N[C@@H](Cc1c[nH]c2ccccc12)C(N)=O. The minimum Gasteiger partial charge on any atom is -0.481 e. The van der Waals surface area contributed by atoms with Gasteiger partial charge in [-0.15, -0.1) is 0 Å².